The largest absolute Gasteiger partial charge is 0.377 e. The number of morpholine rings is 1. The summed E-state index contributed by atoms with van der Waals surface area (Å²) >= 11 is 0. The molecule has 0 bridgehead atoms. The summed E-state index contributed by atoms with van der Waals surface area (Å²) in [4.78, 5) is 14.1. The molecule has 114 valence electrons. The molecule has 1 aliphatic carbocycles. The van der Waals surface area contributed by atoms with Crippen LogP contribution in [0.3, 0.4) is 0 Å². The molecule has 1 aromatic rings. The first-order chi connectivity index (χ1) is 10.1. The highest BCUT2D eigenvalue weighted by Crippen LogP contribution is 2.47. The van der Waals surface area contributed by atoms with Crippen LogP contribution in [-0.4, -0.2) is 43.3 Å². The Balaban J connectivity index is 1.61. The summed E-state index contributed by atoms with van der Waals surface area (Å²) in [6, 6.07) is 6.76. The molecule has 5 heteroatoms. The summed E-state index contributed by atoms with van der Waals surface area (Å²) in [6.07, 6.45) is 1.99. The quantitative estimate of drug-likeness (QED) is 0.928. The van der Waals surface area contributed by atoms with Crippen LogP contribution in [0.15, 0.2) is 24.3 Å². The zero-order valence-electron chi connectivity index (χ0n) is 12.3. The van der Waals surface area contributed by atoms with Gasteiger partial charge in [0.2, 0.25) is 0 Å². The molecular formula is C16H21FN2O2. The highest BCUT2D eigenvalue weighted by atomic mass is 19.1. The van der Waals surface area contributed by atoms with Crippen molar-refractivity contribution in [2.45, 2.75) is 31.2 Å². The summed E-state index contributed by atoms with van der Waals surface area (Å²) in [5, 5.41) is 3.01. The van der Waals surface area contributed by atoms with Gasteiger partial charge in [0.25, 0.3) is 0 Å². The standard InChI is InChI=1S/C16H21FN2O2/c1-12-10-21-8-7-19(12)15(20)18-11-16(5-6-16)13-3-2-4-14(17)9-13/h2-4,9,12H,5-8,10-11H2,1H3,(H,18,20)/t12-/m0/s1. The molecule has 0 aromatic heterocycles. The lowest BCUT2D eigenvalue weighted by Crippen LogP contribution is -2.52. The van der Waals surface area contributed by atoms with E-state index in [0.29, 0.717) is 26.3 Å². The van der Waals surface area contributed by atoms with Crippen molar-refractivity contribution in [2.75, 3.05) is 26.3 Å². The Morgan fingerprint density at radius 2 is 2.33 bits per heavy atom. The van der Waals surface area contributed by atoms with Crippen molar-refractivity contribution >= 4 is 6.03 Å². The van der Waals surface area contributed by atoms with E-state index in [1.807, 2.05) is 17.9 Å². The Bertz CT molecular complexity index is 531. The molecule has 1 N–H and O–H groups in total. The van der Waals surface area contributed by atoms with Crippen molar-refractivity contribution in [1.29, 1.82) is 0 Å². The minimum atomic E-state index is -0.216. The van der Waals surface area contributed by atoms with Gasteiger partial charge >= 0.3 is 6.03 Å². The molecule has 1 aromatic carbocycles. The van der Waals surface area contributed by atoms with Crippen LogP contribution >= 0.6 is 0 Å². The third kappa shape index (κ3) is 3.02. The van der Waals surface area contributed by atoms with Crippen LogP contribution in [0.2, 0.25) is 0 Å². The molecule has 1 saturated heterocycles. The number of rotatable bonds is 3. The molecule has 1 aliphatic heterocycles. The number of hydrogen-bond donors (Lipinski definition) is 1. The summed E-state index contributed by atoms with van der Waals surface area (Å²) < 4.78 is 18.7. The number of halogens is 1. The van der Waals surface area contributed by atoms with Crippen LogP contribution < -0.4 is 5.32 Å². The van der Waals surface area contributed by atoms with E-state index >= 15 is 0 Å². The van der Waals surface area contributed by atoms with E-state index in [9.17, 15) is 9.18 Å². The Hall–Kier alpha value is -1.62. The Morgan fingerprint density at radius 3 is 3.00 bits per heavy atom. The molecule has 1 atom stereocenters. The molecule has 2 fully saturated rings. The molecule has 0 radical (unpaired) electrons. The second-order valence-electron chi connectivity index (χ2n) is 6.07. The first kappa shape index (κ1) is 14.3. The van der Waals surface area contributed by atoms with Gasteiger partial charge in [0, 0.05) is 18.5 Å². The predicted molar refractivity (Wildman–Crippen MR) is 77.7 cm³/mol. The van der Waals surface area contributed by atoms with Crippen LogP contribution in [0.5, 0.6) is 0 Å². The van der Waals surface area contributed by atoms with E-state index in [0.717, 1.165) is 18.4 Å². The highest BCUT2D eigenvalue weighted by molar-refractivity contribution is 5.75. The number of urea groups is 1. The SMILES string of the molecule is C[C@H]1COCCN1C(=O)NCC1(c2cccc(F)c2)CC1. The number of benzene rings is 1. The number of carbonyl (C=O) groups excluding carboxylic acids is 1. The van der Waals surface area contributed by atoms with Gasteiger partial charge in [-0.05, 0) is 37.5 Å². The van der Waals surface area contributed by atoms with Gasteiger partial charge in [-0.1, -0.05) is 12.1 Å². The monoisotopic (exact) mass is 292 g/mol. The second-order valence-corrected chi connectivity index (χ2v) is 6.07. The van der Waals surface area contributed by atoms with Gasteiger partial charge in [-0.3, -0.25) is 0 Å². The smallest absolute Gasteiger partial charge is 0.317 e. The van der Waals surface area contributed by atoms with Crippen molar-refractivity contribution in [3.8, 4) is 0 Å². The molecule has 2 aliphatic rings. The topological polar surface area (TPSA) is 41.6 Å². The van der Waals surface area contributed by atoms with Crippen LogP contribution in [0, 0.1) is 5.82 Å². The Morgan fingerprint density at radius 1 is 1.52 bits per heavy atom. The van der Waals surface area contributed by atoms with E-state index in [2.05, 4.69) is 5.32 Å². The van der Waals surface area contributed by atoms with E-state index < -0.39 is 0 Å². The average Bonchev–Trinajstić information content (AvgIpc) is 3.26. The molecule has 2 amide bonds. The molecule has 0 spiro atoms. The molecular weight excluding hydrogens is 271 g/mol. The fourth-order valence-corrected chi connectivity index (χ4v) is 2.91. The number of nitrogens with one attached hydrogen (secondary N) is 1. The fourth-order valence-electron chi connectivity index (χ4n) is 2.91. The van der Waals surface area contributed by atoms with Gasteiger partial charge in [-0.15, -0.1) is 0 Å². The van der Waals surface area contributed by atoms with E-state index in [4.69, 9.17) is 4.74 Å². The second kappa shape index (κ2) is 5.64. The summed E-state index contributed by atoms with van der Waals surface area (Å²) in [5.41, 5.74) is 0.908. The summed E-state index contributed by atoms with van der Waals surface area (Å²) in [6.45, 7) is 4.35. The van der Waals surface area contributed by atoms with Crippen molar-refractivity contribution in [3.05, 3.63) is 35.6 Å². The Kier molecular flexibility index (Phi) is 3.85. The molecule has 21 heavy (non-hydrogen) atoms. The van der Waals surface area contributed by atoms with Crippen LogP contribution in [-0.2, 0) is 10.2 Å². The van der Waals surface area contributed by atoms with Gasteiger partial charge in [0.1, 0.15) is 5.82 Å². The number of carbonyl (C=O) groups is 1. The lowest BCUT2D eigenvalue weighted by molar-refractivity contribution is 0.0189. The Labute approximate surface area is 124 Å². The zero-order valence-corrected chi connectivity index (χ0v) is 12.3. The third-order valence-electron chi connectivity index (χ3n) is 4.50. The lowest BCUT2D eigenvalue weighted by Gasteiger charge is -2.33. The van der Waals surface area contributed by atoms with Crippen LogP contribution in [0.4, 0.5) is 9.18 Å². The fraction of sp³-hybridized carbons (Fsp3) is 0.562. The van der Waals surface area contributed by atoms with Gasteiger partial charge in [-0.2, -0.15) is 0 Å². The van der Waals surface area contributed by atoms with Crippen molar-refractivity contribution in [1.82, 2.24) is 10.2 Å². The van der Waals surface area contributed by atoms with Crippen molar-refractivity contribution in [2.24, 2.45) is 0 Å². The zero-order chi connectivity index (χ0) is 14.9. The normalized spacial score (nSPS) is 23.7. The van der Waals surface area contributed by atoms with Gasteiger partial charge in [-0.25, -0.2) is 9.18 Å². The third-order valence-corrected chi connectivity index (χ3v) is 4.50. The van der Waals surface area contributed by atoms with Crippen LogP contribution in [0.1, 0.15) is 25.3 Å². The van der Waals surface area contributed by atoms with Crippen molar-refractivity contribution in [3.63, 3.8) is 0 Å². The number of hydrogen-bond acceptors (Lipinski definition) is 2. The minimum Gasteiger partial charge on any atom is -0.377 e. The molecule has 4 nitrogen and oxygen atoms in total. The summed E-state index contributed by atoms with van der Waals surface area (Å²) in [5.74, 6) is -0.216. The minimum absolute atomic E-state index is 0.0477. The molecule has 1 saturated carbocycles. The van der Waals surface area contributed by atoms with E-state index in [1.54, 1.807) is 12.1 Å². The molecule has 0 unspecified atom stereocenters. The maximum atomic E-state index is 13.4. The maximum absolute atomic E-state index is 13.4. The van der Waals surface area contributed by atoms with Gasteiger partial charge < -0.3 is 15.0 Å². The van der Waals surface area contributed by atoms with E-state index in [-0.39, 0.29) is 23.3 Å². The van der Waals surface area contributed by atoms with E-state index in [1.165, 1.54) is 6.07 Å². The number of ether oxygens (including phenoxy) is 1. The highest BCUT2D eigenvalue weighted by Gasteiger charge is 2.44. The number of amides is 2. The average molecular weight is 292 g/mol. The first-order valence-electron chi connectivity index (χ1n) is 7.49. The van der Waals surface area contributed by atoms with Gasteiger partial charge in [0.15, 0.2) is 0 Å². The predicted octanol–water partition coefficient (Wildman–Crippen LogP) is 2.29. The lowest BCUT2D eigenvalue weighted by atomic mass is 9.96. The van der Waals surface area contributed by atoms with Crippen molar-refractivity contribution < 1.29 is 13.9 Å². The summed E-state index contributed by atoms with van der Waals surface area (Å²) in [7, 11) is 0. The maximum Gasteiger partial charge on any atom is 0.317 e. The first-order valence-corrected chi connectivity index (χ1v) is 7.49. The molecule has 1 heterocycles. The molecule has 3 rings (SSSR count). The van der Waals surface area contributed by atoms with Gasteiger partial charge in [0.05, 0.1) is 19.3 Å². The van der Waals surface area contributed by atoms with Crippen LogP contribution in [0.25, 0.3) is 0 Å². The number of nitrogens with zero attached hydrogens (tertiary/aromatic N) is 1.